The lowest BCUT2D eigenvalue weighted by atomic mass is 10.2. The molecule has 2 aromatic carbocycles. The molecule has 2 aromatic rings. The van der Waals surface area contributed by atoms with Crippen LogP contribution in [0.15, 0.2) is 53.4 Å². The Morgan fingerprint density at radius 1 is 1.10 bits per heavy atom. The Hall–Kier alpha value is -2.78. The van der Waals surface area contributed by atoms with Gasteiger partial charge in [-0.3, -0.25) is 4.18 Å². The molecule has 1 aliphatic rings. The highest BCUT2D eigenvalue weighted by molar-refractivity contribution is 7.86. The van der Waals surface area contributed by atoms with E-state index >= 15 is 0 Å². The van der Waals surface area contributed by atoms with Crippen LogP contribution in [0.2, 0.25) is 0 Å². The van der Waals surface area contributed by atoms with Crippen molar-refractivity contribution < 1.29 is 31.6 Å². The van der Waals surface area contributed by atoms with Gasteiger partial charge in [0.2, 0.25) is 0 Å². The van der Waals surface area contributed by atoms with E-state index in [-0.39, 0.29) is 31.2 Å². The molecule has 0 bridgehead atoms. The standard InChI is InChI=1S/C20H23NO7S/c1-15-7-9-17(10-8-15)29(23,24)27-14-16-13-21(20(22)28-16)11-12-26-19-6-4-3-5-18(19)25-2/h3-10,16H,11-14H2,1-2H3/t16-/m1/s1. The fourth-order valence-electron chi connectivity index (χ4n) is 2.79. The van der Waals surface area contributed by atoms with Gasteiger partial charge in [-0.1, -0.05) is 29.8 Å². The summed E-state index contributed by atoms with van der Waals surface area (Å²) in [5.41, 5.74) is 0.944. The molecule has 0 N–H and O–H groups in total. The van der Waals surface area contributed by atoms with Crippen molar-refractivity contribution >= 4 is 16.2 Å². The average molecular weight is 421 g/mol. The van der Waals surface area contributed by atoms with Crippen molar-refractivity contribution in [1.29, 1.82) is 0 Å². The molecule has 0 unspecified atom stereocenters. The number of benzene rings is 2. The lowest BCUT2D eigenvalue weighted by Gasteiger charge is -2.15. The second-order valence-corrected chi connectivity index (χ2v) is 8.12. The molecule has 1 amide bonds. The van der Waals surface area contributed by atoms with Crippen molar-refractivity contribution in [3.8, 4) is 11.5 Å². The molecule has 3 rings (SSSR count). The molecule has 1 fully saturated rings. The van der Waals surface area contributed by atoms with Crippen LogP contribution in [0.5, 0.6) is 11.5 Å². The van der Waals surface area contributed by atoms with E-state index in [4.69, 9.17) is 18.4 Å². The lowest BCUT2D eigenvalue weighted by molar-refractivity contribution is 0.104. The highest BCUT2D eigenvalue weighted by atomic mass is 32.2. The summed E-state index contributed by atoms with van der Waals surface area (Å²) in [5, 5.41) is 0. The molecule has 8 nitrogen and oxygen atoms in total. The van der Waals surface area contributed by atoms with Gasteiger partial charge in [0.1, 0.15) is 19.3 Å². The van der Waals surface area contributed by atoms with Crippen LogP contribution in [-0.4, -0.2) is 58.9 Å². The zero-order valence-electron chi connectivity index (χ0n) is 16.2. The first kappa shape index (κ1) is 20.9. The summed E-state index contributed by atoms with van der Waals surface area (Å²) in [6.07, 6.45) is -1.20. The number of cyclic esters (lactones) is 1. The van der Waals surface area contributed by atoms with Gasteiger partial charge in [-0.25, -0.2) is 4.79 Å². The molecule has 9 heteroatoms. The minimum Gasteiger partial charge on any atom is -0.493 e. The van der Waals surface area contributed by atoms with Crippen LogP contribution >= 0.6 is 0 Å². The molecular formula is C20H23NO7S. The molecule has 1 atom stereocenters. The van der Waals surface area contributed by atoms with Gasteiger partial charge in [0, 0.05) is 0 Å². The number of hydrogen-bond donors (Lipinski definition) is 0. The third kappa shape index (κ3) is 5.39. The molecule has 0 aromatic heterocycles. The Kier molecular flexibility index (Phi) is 6.60. The summed E-state index contributed by atoms with van der Waals surface area (Å²) in [6, 6.07) is 13.5. The van der Waals surface area contributed by atoms with Crippen molar-refractivity contribution in [2.75, 3.05) is 33.4 Å². The third-order valence-corrected chi connectivity index (χ3v) is 5.65. The minimum atomic E-state index is -3.91. The van der Waals surface area contributed by atoms with Crippen molar-refractivity contribution in [3.63, 3.8) is 0 Å². The maximum absolute atomic E-state index is 12.2. The Morgan fingerprint density at radius 2 is 1.79 bits per heavy atom. The summed E-state index contributed by atoms with van der Waals surface area (Å²) in [6.45, 7) is 2.37. The Bertz CT molecular complexity index is 944. The number of amides is 1. The van der Waals surface area contributed by atoms with E-state index in [1.807, 2.05) is 19.1 Å². The smallest absolute Gasteiger partial charge is 0.410 e. The zero-order valence-corrected chi connectivity index (χ0v) is 17.1. The van der Waals surface area contributed by atoms with Gasteiger partial charge in [0.05, 0.1) is 25.1 Å². The minimum absolute atomic E-state index is 0.0643. The number of ether oxygens (including phenoxy) is 3. The largest absolute Gasteiger partial charge is 0.493 e. The maximum atomic E-state index is 12.2. The highest BCUT2D eigenvalue weighted by Gasteiger charge is 2.32. The van der Waals surface area contributed by atoms with Gasteiger partial charge < -0.3 is 19.1 Å². The summed E-state index contributed by atoms with van der Waals surface area (Å²) in [5.74, 6) is 1.18. The first-order valence-electron chi connectivity index (χ1n) is 9.06. The molecule has 0 saturated carbocycles. The first-order valence-corrected chi connectivity index (χ1v) is 10.5. The number of aryl methyl sites for hydroxylation is 1. The number of hydrogen-bond acceptors (Lipinski definition) is 7. The van der Waals surface area contributed by atoms with Gasteiger partial charge in [-0.2, -0.15) is 8.42 Å². The van der Waals surface area contributed by atoms with Gasteiger partial charge >= 0.3 is 6.09 Å². The third-order valence-electron chi connectivity index (χ3n) is 4.36. The topological polar surface area (TPSA) is 91.4 Å². The van der Waals surface area contributed by atoms with Crippen molar-refractivity contribution in [3.05, 3.63) is 54.1 Å². The van der Waals surface area contributed by atoms with Gasteiger partial charge in [-0.05, 0) is 31.2 Å². The number of nitrogens with zero attached hydrogens (tertiary/aromatic N) is 1. The fraction of sp³-hybridized carbons (Fsp3) is 0.350. The lowest BCUT2D eigenvalue weighted by Crippen LogP contribution is -2.30. The van der Waals surface area contributed by atoms with Crippen LogP contribution < -0.4 is 9.47 Å². The highest BCUT2D eigenvalue weighted by Crippen LogP contribution is 2.25. The van der Waals surface area contributed by atoms with Crippen molar-refractivity contribution in [2.45, 2.75) is 17.9 Å². The number of carbonyl (C=O) groups excluding carboxylic acids is 1. The summed E-state index contributed by atoms with van der Waals surface area (Å²) < 4.78 is 45.6. The Labute approximate surface area is 170 Å². The SMILES string of the molecule is COc1ccccc1OCCN1C[C@H](COS(=O)(=O)c2ccc(C)cc2)OC1=O. The molecule has 0 radical (unpaired) electrons. The molecule has 1 heterocycles. The van der Waals surface area contributed by atoms with E-state index in [0.29, 0.717) is 11.5 Å². The van der Waals surface area contributed by atoms with E-state index in [2.05, 4.69) is 0 Å². The Morgan fingerprint density at radius 3 is 2.48 bits per heavy atom. The van der Waals surface area contributed by atoms with Crippen LogP contribution in [0.3, 0.4) is 0 Å². The predicted molar refractivity (Wildman–Crippen MR) is 105 cm³/mol. The summed E-state index contributed by atoms with van der Waals surface area (Å²) in [4.78, 5) is 13.5. The monoisotopic (exact) mass is 421 g/mol. The first-order chi connectivity index (χ1) is 13.9. The number of methoxy groups -OCH3 is 1. The zero-order chi connectivity index (χ0) is 20.9. The molecule has 29 heavy (non-hydrogen) atoms. The second kappa shape index (κ2) is 9.15. The molecule has 1 aliphatic heterocycles. The van der Waals surface area contributed by atoms with Crippen LogP contribution in [0.4, 0.5) is 4.79 Å². The quantitative estimate of drug-likeness (QED) is 0.575. The van der Waals surface area contributed by atoms with E-state index in [1.165, 1.54) is 17.0 Å². The van der Waals surface area contributed by atoms with Crippen LogP contribution in [-0.2, 0) is 19.0 Å². The number of rotatable bonds is 9. The van der Waals surface area contributed by atoms with Gasteiger partial charge in [0.15, 0.2) is 11.5 Å². The molecule has 0 spiro atoms. The van der Waals surface area contributed by atoms with Gasteiger partial charge in [0.25, 0.3) is 10.1 Å². The summed E-state index contributed by atoms with van der Waals surface area (Å²) in [7, 11) is -2.36. The van der Waals surface area contributed by atoms with E-state index in [1.54, 1.807) is 31.4 Å². The van der Waals surface area contributed by atoms with Crippen LogP contribution in [0.25, 0.3) is 0 Å². The second-order valence-electron chi connectivity index (χ2n) is 6.50. The molecule has 1 saturated heterocycles. The van der Waals surface area contributed by atoms with Crippen LogP contribution in [0, 0.1) is 6.92 Å². The maximum Gasteiger partial charge on any atom is 0.410 e. The van der Waals surface area contributed by atoms with E-state index in [0.717, 1.165) is 5.56 Å². The molecular weight excluding hydrogens is 398 g/mol. The molecule has 0 aliphatic carbocycles. The number of para-hydroxylation sites is 2. The average Bonchev–Trinajstić information content (AvgIpc) is 3.07. The Balaban J connectivity index is 1.48. The normalized spacial score (nSPS) is 16.6. The fourth-order valence-corrected chi connectivity index (χ4v) is 3.72. The molecule has 156 valence electrons. The van der Waals surface area contributed by atoms with E-state index < -0.39 is 22.3 Å². The van der Waals surface area contributed by atoms with E-state index in [9.17, 15) is 13.2 Å². The van der Waals surface area contributed by atoms with Gasteiger partial charge in [-0.15, -0.1) is 0 Å². The van der Waals surface area contributed by atoms with Crippen molar-refractivity contribution in [1.82, 2.24) is 4.90 Å². The van der Waals surface area contributed by atoms with Crippen LogP contribution in [0.1, 0.15) is 5.56 Å². The summed E-state index contributed by atoms with van der Waals surface area (Å²) >= 11 is 0. The van der Waals surface area contributed by atoms with Crippen molar-refractivity contribution in [2.24, 2.45) is 0 Å². The predicted octanol–water partition coefficient (Wildman–Crippen LogP) is 2.61. The number of carbonyl (C=O) groups is 1.